The van der Waals surface area contributed by atoms with Crippen molar-refractivity contribution in [1.82, 2.24) is 24.5 Å². The summed E-state index contributed by atoms with van der Waals surface area (Å²) in [6, 6.07) is 16.7. The van der Waals surface area contributed by atoms with E-state index in [2.05, 4.69) is 20.0 Å². The molecule has 12 heteroatoms. The minimum atomic E-state index is -3.62. The Morgan fingerprint density at radius 1 is 1.09 bits per heavy atom. The monoisotopic (exact) mass is 484 g/mol. The van der Waals surface area contributed by atoms with Crippen LogP contribution in [0.15, 0.2) is 70.6 Å². The maximum Gasteiger partial charge on any atom is 0.269 e. The van der Waals surface area contributed by atoms with Crippen LogP contribution < -0.4 is 4.72 Å². The van der Waals surface area contributed by atoms with E-state index in [1.807, 2.05) is 13.0 Å². The van der Waals surface area contributed by atoms with Crippen molar-refractivity contribution in [3.63, 3.8) is 0 Å². The van der Waals surface area contributed by atoms with Gasteiger partial charge in [-0.2, -0.15) is 9.61 Å². The number of aromatic nitrogens is 4. The molecule has 0 aliphatic carbocycles. The lowest BCUT2D eigenvalue weighted by Gasteiger charge is -2.07. The molecule has 33 heavy (non-hydrogen) atoms. The molecule has 1 N–H and O–H groups in total. The lowest BCUT2D eigenvalue weighted by Crippen LogP contribution is -2.26. The lowest BCUT2D eigenvalue weighted by atomic mass is 10.2. The average Bonchev–Trinajstić information content (AvgIpc) is 3.20. The first-order valence-corrected chi connectivity index (χ1v) is 12.4. The molecule has 2 heterocycles. The van der Waals surface area contributed by atoms with E-state index < -0.39 is 14.9 Å². The Labute approximate surface area is 194 Å². The van der Waals surface area contributed by atoms with Gasteiger partial charge in [0.05, 0.1) is 9.82 Å². The molecule has 2 aromatic carbocycles. The highest BCUT2D eigenvalue weighted by molar-refractivity contribution is 7.98. The fourth-order valence-corrected chi connectivity index (χ4v) is 4.89. The highest BCUT2D eigenvalue weighted by Gasteiger charge is 2.15. The second-order valence-corrected chi connectivity index (χ2v) is 10.00. The number of thioether (sulfide) groups is 1. The number of nitro groups is 1. The minimum absolute atomic E-state index is 0.0469. The molecule has 0 bridgehead atoms. The Hall–Kier alpha value is -3.35. The molecule has 0 fully saturated rings. The van der Waals surface area contributed by atoms with E-state index in [0.717, 1.165) is 11.1 Å². The Morgan fingerprint density at radius 2 is 1.88 bits per heavy atom. The largest absolute Gasteiger partial charge is 0.269 e. The molecule has 4 rings (SSSR count). The first-order chi connectivity index (χ1) is 15.8. The second kappa shape index (κ2) is 9.65. The van der Waals surface area contributed by atoms with E-state index in [1.54, 1.807) is 47.0 Å². The molecule has 0 spiro atoms. The third-order valence-electron chi connectivity index (χ3n) is 4.78. The Morgan fingerprint density at radius 3 is 2.64 bits per heavy atom. The van der Waals surface area contributed by atoms with Crippen LogP contribution in [0.2, 0.25) is 0 Å². The van der Waals surface area contributed by atoms with E-state index in [4.69, 9.17) is 0 Å². The highest BCUT2D eigenvalue weighted by atomic mass is 32.2. The molecule has 170 valence electrons. The number of sulfonamides is 1. The molecule has 0 saturated carbocycles. The summed E-state index contributed by atoms with van der Waals surface area (Å²) in [7, 11) is -3.62. The summed E-state index contributed by atoms with van der Waals surface area (Å²) in [6.07, 6.45) is 0.304. The molecule has 0 unspecified atom stereocenters. The van der Waals surface area contributed by atoms with Gasteiger partial charge in [-0.25, -0.2) is 13.1 Å². The molecule has 0 amide bonds. The van der Waals surface area contributed by atoms with E-state index in [0.29, 0.717) is 28.7 Å². The van der Waals surface area contributed by atoms with Gasteiger partial charge in [0.25, 0.3) is 5.69 Å². The number of nitro benzene ring substituents is 1. The zero-order valence-corrected chi connectivity index (χ0v) is 19.2. The predicted octanol–water partition coefficient (Wildman–Crippen LogP) is 3.15. The third kappa shape index (κ3) is 5.53. The first kappa shape index (κ1) is 22.8. The van der Waals surface area contributed by atoms with Crippen LogP contribution in [-0.2, 0) is 22.2 Å². The van der Waals surface area contributed by atoms with Crippen molar-refractivity contribution in [2.45, 2.75) is 29.0 Å². The van der Waals surface area contributed by atoms with Gasteiger partial charge in [-0.3, -0.25) is 10.1 Å². The van der Waals surface area contributed by atoms with Crippen molar-refractivity contribution >= 4 is 33.1 Å². The van der Waals surface area contributed by atoms with Crippen LogP contribution in [0.4, 0.5) is 5.69 Å². The number of aryl methyl sites for hydroxylation is 1. The van der Waals surface area contributed by atoms with Crippen LogP contribution >= 0.6 is 11.8 Å². The summed E-state index contributed by atoms with van der Waals surface area (Å²) in [4.78, 5) is 10.7. The lowest BCUT2D eigenvalue weighted by molar-refractivity contribution is -0.384. The van der Waals surface area contributed by atoms with E-state index >= 15 is 0 Å². The summed E-state index contributed by atoms with van der Waals surface area (Å²) >= 11 is 1.43. The molecular formula is C21H20N6O4S2. The van der Waals surface area contributed by atoms with E-state index in [-0.39, 0.29) is 17.1 Å². The quantitative estimate of drug-likeness (QED) is 0.218. The maximum absolute atomic E-state index is 12.5. The summed E-state index contributed by atoms with van der Waals surface area (Å²) in [5, 5.41) is 24.4. The van der Waals surface area contributed by atoms with Crippen LogP contribution in [0.25, 0.3) is 5.65 Å². The average molecular weight is 485 g/mol. The van der Waals surface area contributed by atoms with Gasteiger partial charge in [-0.05, 0) is 36.8 Å². The Bertz CT molecular complexity index is 1400. The molecule has 0 aliphatic heterocycles. The van der Waals surface area contributed by atoms with Crippen LogP contribution in [0.3, 0.4) is 0 Å². The molecular weight excluding hydrogens is 464 g/mol. The first-order valence-electron chi connectivity index (χ1n) is 9.96. The summed E-state index contributed by atoms with van der Waals surface area (Å²) in [5.74, 6) is 1.03. The van der Waals surface area contributed by atoms with Gasteiger partial charge in [0, 0.05) is 30.9 Å². The Balaban J connectivity index is 1.42. The normalized spacial score (nSPS) is 11.7. The highest BCUT2D eigenvalue weighted by Crippen LogP contribution is 2.23. The molecule has 2 aromatic heterocycles. The van der Waals surface area contributed by atoms with E-state index in [9.17, 15) is 18.5 Å². The SMILES string of the molecule is Cc1ccc(S(=O)(=O)NCCc2nnc3ccc(SCc4cccc([N+](=O)[O-])c4)nn23)cc1. The Kier molecular flexibility index (Phi) is 6.67. The molecule has 0 radical (unpaired) electrons. The molecule has 10 nitrogen and oxygen atoms in total. The topological polar surface area (TPSA) is 132 Å². The molecule has 4 aromatic rings. The number of non-ortho nitro benzene ring substituents is 1. The van der Waals surface area contributed by atoms with Gasteiger partial charge in [0.2, 0.25) is 10.0 Å². The predicted molar refractivity (Wildman–Crippen MR) is 124 cm³/mol. The van der Waals surface area contributed by atoms with Crippen LogP contribution in [0, 0.1) is 17.0 Å². The number of nitrogens with zero attached hydrogens (tertiary/aromatic N) is 5. The smallest absolute Gasteiger partial charge is 0.258 e. The number of rotatable bonds is 9. The molecule has 0 aliphatic rings. The van der Waals surface area contributed by atoms with E-state index in [1.165, 1.54) is 23.9 Å². The van der Waals surface area contributed by atoms with Crippen LogP contribution in [-0.4, -0.2) is 39.7 Å². The van der Waals surface area contributed by atoms with Gasteiger partial charge < -0.3 is 0 Å². The molecule has 0 atom stereocenters. The third-order valence-corrected chi connectivity index (χ3v) is 7.25. The molecule has 0 saturated heterocycles. The number of hydrogen-bond donors (Lipinski definition) is 1. The summed E-state index contributed by atoms with van der Waals surface area (Å²) in [5.41, 5.74) is 2.39. The van der Waals surface area contributed by atoms with Crippen molar-refractivity contribution in [3.05, 3.63) is 87.7 Å². The maximum atomic E-state index is 12.5. The summed E-state index contributed by atoms with van der Waals surface area (Å²) in [6.45, 7) is 2.03. The minimum Gasteiger partial charge on any atom is -0.258 e. The second-order valence-electron chi connectivity index (χ2n) is 7.23. The van der Waals surface area contributed by atoms with Gasteiger partial charge in [-0.15, -0.1) is 10.2 Å². The summed E-state index contributed by atoms with van der Waals surface area (Å²) < 4.78 is 29.1. The number of nitrogens with one attached hydrogen (secondary N) is 1. The van der Waals surface area contributed by atoms with Gasteiger partial charge >= 0.3 is 0 Å². The number of benzene rings is 2. The number of fused-ring (bicyclic) bond motifs is 1. The number of hydrogen-bond acceptors (Lipinski definition) is 8. The zero-order valence-electron chi connectivity index (χ0n) is 17.6. The van der Waals surface area contributed by atoms with Crippen molar-refractivity contribution in [1.29, 1.82) is 0 Å². The van der Waals surface area contributed by atoms with Gasteiger partial charge in [-0.1, -0.05) is 41.6 Å². The fraction of sp³-hybridized carbons (Fsp3) is 0.190. The van der Waals surface area contributed by atoms with Crippen LogP contribution in [0.5, 0.6) is 0 Å². The van der Waals surface area contributed by atoms with Gasteiger partial charge in [0.15, 0.2) is 11.5 Å². The van der Waals surface area contributed by atoms with Crippen LogP contribution in [0.1, 0.15) is 17.0 Å². The van der Waals surface area contributed by atoms with Crippen molar-refractivity contribution in [2.75, 3.05) is 6.54 Å². The van der Waals surface area contributed by atoms with Gasteiger partial charge in [0.1, 0.15) is 5.03 Å². The standard InChI is InChI=1S/C21H20N6O4S2/c1-15-5-7-18(8-6-15)33(30,31)22-12-11-20-24-23-19-9-10-21(25-26(19)20)32-14-16-3-2-4-17(13-16)27(28)29/h2-10,13,22H,11-12,14H2,1H3. The van der Waals surface area contributed by atoms with Crippen molar-refractivity contribution in [2.24, 2.45) is 0 Å². The zero-order chi connectivity index (χ0) is 23.4. The van der Waals surface area contributed by atoms with Crippen molar-refractivity contribution in [3.8, 4) is 0 Å². The fourth-order valence-electron chi connectivity index (χ4n) is 3.06. The van der Waals surface area contributed by atoms with Crippen molar-refractivity contribution < 1.29 is 13.3 Å².